The lowest BCUT2D eigenvalue weighted by molar-refractivity contribution is -0.126. The van der Waals surface area contributed by atoms with E-state index in [-0.39, 0.29) is 29.7 Å². The van der Waals surface area contributed by atoms with Gasteiger partial charge in [-0.1, -0.05) is 30.3 Å². The molecule has 1 saturated heterocycles. The van der Waals surface area contributed by atoms with Crippen LogP contribution in [0, 0.1) is 5.92 Å². The van der Waals surface area contributed by atoms with Gasteiger partial charge in [0.05, 0.1) is 6.04 Å². The minimum Gasteiger partial charge on any atom is -0.353 e. The molecule has 1 aromatic carbocycles. The van der Waals surface area contributed by atoms with Gasteiger partial charge < -0.3 is 5.32 Å². The normalized spacial score (nSPS) is 18.2. The molecule has 4 nitrogen and oxygen atoms in total. The lowest BCUT2D eigenvalue weighted by atomic mass is 9.88. The number of likely N-dealkylation sites (tertiary alicyclic amines) is 1. The van der Waals surface area contributed by atoms with Gasteiger partial charge >= 0.3 is 0 Å². The van der Waals surface area contributed by atoms with E-state index in [0.717, 1.165) is 31.5 Å². The van der Waals surface area contributed by atoms with Gasteiger partial charge in [0.2, 0.25) is 5.91 Å². The van der Waals surface area contributed by atoms with Crippen molar-refractivity contribution in [1.29, 1.82) is 0 Å². The van der Waals surface area contributed by atoms with Crippen LogP contribution in [0.4, 0.5) is 0 Å². The Morgan fingerprint density at radius 3 is 2.23 bits per heavy atom. The van der Waals surface area contributed by atoms with Crippen molar-refractivity contribution in [1.82, 2.24) is 10.2 Å². The predicted octanol–water partition coefficient (Wildman–Crippen LogP) is 2.49. The molecule has 1 aromatic rings. The molecule has 1 atom stereocenters. The molecule has 2 rings (SSSR count). The molecule has 1 aliphatic rings. The standard InChI is InChI=1S/C18H26N2O2/c1-13(2)19-18(22)14(3)20-11-9-16(10-12-20)17(21)15-7-5-4-6-8-15/h4-8,13-14,16H,9-12H2,1-3H3,(H,19,22). The molecule has 0 aliphatic carbocycles. The number of nitrogens with zero attached hydrogens (tertiary/aromatic N) is 1. The highest BCUT2D eigenvalue weighted by molar-refractivity contribution is 5.97. The van der Waals surface area contributed by atoms with Crippen molar-refractivity contribution < 1.29 is 9.59 Å². The molecule has 0 saturated carbocycles. The maximum atomic E-state index is 12.5. The molecule has 0 spiro atoms. The molecular formula is C18H26N2O2. The Kier molecular flexibility index (Phi) is 5.72. The van der Waals surface area contributed by atoms with Crippen molar-refractivity contribution in [3.63, 3.8) is 0 Å². The fourth-order valence-electron chi connectivity index (χ4n) is 2.96. The van der Waals surface area contributed by atoms with Crippen LogP contribution in [0.15, 0.2) is 30.3 Å². The average molecular weight is 302 g/mol. The van der Waals surface area contributed by atoms with Crippen LogP contribution in [-0.4, -0.2) is 41.8 Å². The summed E-state index contributed by atoms with van der Waals surface area (Å²) in [6, 6.07) is 9.53. The Balaban J connectivity index is 1.88. The smallest absolute Gasteiger partial charge is 0.237 e. The van der Waals surface area contributed by atoms with Crippen molar-refractivity contribution >= 4 is 11.7 Å². The maximum Gasteiger partial charge on any atom is 0.237 e. The number of amides is 1. The first-order chi connectivity index (χ1) is 10.5. The average Bonchev–Trinajstić information content (AvgIpc) is 2.54. The van der Waals surface area contributed by atoms with E-state index >= 15 is 0 Å². The molecule has 0 aromatic heterocycles. The summed E-state index contributed by atoms with van der Waals surface area (Å²) in [6.07, 6.45) is 1.65. The summed E-state index contributed by atoms with van der Waals surface area (Å²) in [5.74, 6) is 0.390. The molecule has 1 N–H and O–H groups in total. The van der Waals surface area contributed by atoms with Crippen molar-refractivity contribution in [2.75, 3.05) is 13.1 Å². The quantitative estimate of drug-likeness (QED) is 0.850. The molecule has 0 bridgehead atoms. The Morgan fingerprint density at radius 1 is 1.09 bits per heavy atom. The van der Waals surface area contributed by atoms with E-state index in [1.54, 1.807) is 0 Å². The van der Waals surface area contributed by atoms with Crippen LogP contribution in [0.1, 0.15) is 44.0 Å². The Labute approximate surface area is 132 Å². The number of ketones is 1. The van der Waals surface area contributed by atoms with Gasteiger partial charge in [-0.3, -0.25) is 14.5 Å². The lowest BCUT2D eigenvalue weighted by Gasteiger charge is -2.35. The van der Waals surface area contributed by atoms with Crippen LogP contribution >= 0.6 is 0 Å². The number of hydrogen-bond acceptors (Lipinski definition) is 3. The molecule has 1 amide bonds. The maximum absolute atomic E-state index is 12.5. The number of Topliss-reactive ketones (excluding diaryl/α,β-unsaturated/α-hetero) is 1. The number of carbonyl (C=O) groups excluding carboxylic acids is 2. The van der Waals surface area contributed by atoms with Gasteiger partial charge in [-0.25, -0.2) is 0 Å². The largest absolute Gasteiger partial charge is 0.353 e. The van der Waals surface area contributed by atoms with E-state index in [1.165, 1.54) is 0 Å². The number of piperidine rings is 1. The van der Waals surface area contributed by atoms with Crippen LogP contribution in [-0.2, 0) is 4.79 Å². The third-order valence-corrected chi connectivity index (χ3v) is 4.32. The van der Waals surface area contributed by atoms with Gasteiger partial charge in [-0.2, -0.15) is 0 Å². The minimum atomic E-state index is -0.129. The van der Waals surface area contributed by atoms with Crippen molar-refractivity contribution in [3.05, 3.63) is 35.9 Å². The van der Waals surface area contributed by atoms with Crippen LogP contribution < -0.4 is 5.32 Å². The van der Waals surface area contributed by atoms with Gasteiger partial charge in [-0.15, -0.1) is 0 Å². The molecule has 1 aliphatic heterocycles. The van der Waals surface area contributed by atoms with Gasteiger partial charge in [0.1, 0.15) is 0 Å². The Hall–Kier alpha value is -1.68. The van der Waals surface area contributed by atoms with Crippen LogP contribution in [0.5, 0.6) is 0 Å². The lowest BCUT2D eigenvalue weighted by Crippen LogP contribution is -2.50. The molecule has 1 heterocycles. The first kappa shape index (κ1) is 16.7. The molecule has 1 unspecified atom stereocenters. The molecule has 22 heavy (non-hydrogen) atoms. The second-order valence-corrected chi connectivity index (χ2v) is 6.38. The Bertz CT molecular complexity index is 505. The summed E-state index contributed by atoms with van der Waals surface area (Å²) in [7, 11) is 0. The predicted molar refractivity (Wildman–Crippen MR) is 87.8 cm³/mol. The van der Waals surface area contributed by atoms with Gasteiger partial charge in [0, 0.05) is 17.5 Å². The van der Waals surface area contributed by atoms with Crippen LogP contribution in [0.2, 0.25) is 0 Å². The second kappa shape index (κ2) is 7.54. The van der Waals surface area contributed by atoms with Crippen molar-refractivity contribution in [3.8, 4) is 0 Å². The molecule has 1 fully saturated rings. The third kappa shape index (κ3) is 4.17. The number of carbonyl (C=O) groups is 2. The summed E-state index contributed by atoms with van der Waals surface area (Å²) in [6.45, 7) is 7.48. The number of rotatable bonds is 5. The first-order valence-electron chi connectivity index (χ1n) is 8.12. The third-order valence-electron chi connectivity index (χ3n) is 4.32. The SMILES string of the molecule is CC(C)NC(=O)C(C)N1CCC(C(=O)c2ccccc2)CC1. The summed E-state index contributed by atoms with van der Waals surface area (Å²) in [4.78, 5) is 26.7. The summed E-state index contributed by atoms with van der Waals surface area (Å²) < 4.78 is 0. The van der Waals surface area contributed by atoms with Gasteiger partial charge in [0.15, 0.2) is 5.78 Å². The van der Waals surface area contributed by atoms with E-state index < -0.39 is 0 Å². The number of hydrogen-bond donors (Lipinski definition) is 1. The Morgan fingerprint density at radius 2 is 1.68 bits per heavy atom. The fraction of sp³-hybridized carbons (Fsp3) is 0.556. The van der Waals surface area contributed by atoms with E-state index in [9.17, 15) is 9.59 Å². The van der Waals surface area contributed by atoms with E-state index in [2.05, 4.69) is 10.2 Å². The zero-order valence-corrected chi connectivity index (χ0v) is 13.7. The highest BCUT2D eigenvalue weighted by Gasteiger charge is 2.30. The van der Waals surface area contributed by atoms with Gasteiger partial charge in [-0.05, 0) is 46.7 Å². The topological polar surface area (TPSA) is 49.4 Å². The summed E-state index contributed by atoms with van der Waals surface area (Å²) in [5, 5.41) is 2.95. The van der Waals surface area contributed by atoms with E-state index in [1.807, 2.05) is 51.1 Å². The highest BCUT2D eigenvalue weighted by atomic mass is 16.2. The summed E-state index contributed by atoms with van der Waals surface area (Å²) in [5.41, 5.74) is 0.798. The number of benzene rings is 1. The zero-order valence-electron chi connectivity index (χ0n) is 13.7. The van der Waals surface area contributed by atoms with Crippen molar-refractivity contribution in [2.45, 2.75) is 45.7 Å². The highest BCUT2D eigenvalue weighted by Crippen LogP contribution is 2.23. The monoisotopic (exact) mass is 302 g/mol. The molecule has 4 heteroatoms. The van der Waals surface area contributed by atoms with E-state index in [4.69, 9.17) is 0 Å². The second-order valence-electron chi connectivity index (χ2n) is 6.38. The zero-order chi connectivity index (χ0) is 16.1. The van der Waals surface area contributed by atoms with Crippen LogP contribution in [0.3, 0.4) is 0 Å². The summed E-state index contributed by atoms with van der Waals surface area (Å²) >= 11 is 0. The van der Waals surface area contributed by atoms with Crippen molar-refractivity contribution in [2.24, 2.45) is 5.92 Å². The molecule has 0 radical (unpaired) electrons. The molecular weight excluding hydrogens is 276 g/mol. The fourth-order valence-corrected chi connectivity index (χ4v) is 2.96. The number of nitrogens with one attached hydrogen (secondary N) is 1. The van der Waals surface area contributed by atoms with Crippen LogP contribution in [0.25, 0.3) is 0 Å². The van der Waals surface area contributed by atoms with Gasteiger partial charge in [0.25, 0.3) is 0 Å². The first-order valence-corrected chi connectivity index (χ1v) is 8.12. The molecule has 120 valence electrons. The van der Waals surface area contributed by atoms with E-state index in [0.29, 0.717) is 0 Å². The minimum absolute atomic E-state index is 0.0721.